The van der Waals surface area contributed by atoms with Gasteiger partial charge in [0.2, 0.25) is 0 Å². The summed E-state index contributed by atoms with van der Waals surface area (Å²) in [5.41, 5.74) is 1.85. The summed E-state index contributed by atoms with van der Waals surface area (Å²) in [5, 5.41) is 14.4. The molecule has 2 amide bonds. The summed E-state index contributed by atoms with van der Waals surface area (Å²) in [7, 11) is 2.03. The largest absolute Gasteiger partial charge is 0.489 e. The van der Waals surface area contributed by atoms with Gasteiger partial charge in [-0.05, 0) is 69.4 Å². The number of nitrogens with zero attached hydrogens (tertiary/aromatic N) is 3. The Morgan fingerprint density at radius 2 is 1.83 bits per heavy atom. The molecule has 218 valence electrons. The number of aliphatic hydroxyl groups is 1. The molecule has 4 heterocycles. The van der Waals surface area contributed by atoms with Crippen LogP contribution in [0.1, 0.15) is 33.6 Å². The van der Waals surface area contributed by atoms with Gasteiger partial charge in [-0.15, -0.1) is 0 Å². The summed E-state index contributed by atoms with van der Waals surface area (Å²) >= 11 is 12.0. The van der Waals surface area contributed by atoms with Crippen LogP contribution in [0.3, 0.4) is 0 Å². The number of imidazole rings is 1. The van der Waals surface area contributed by atoms with Crippen molar-refractivity contribution >= 4 is 51.7 Å². The van der Waals surface area contributed by atoms with E-state index in [9.17, 15) is 19.5 Å². The third-order valence-corrected chi connectivity index (χ3v) is 8.15. The van der Waals surface area contributed by atoms with Crippen molar-refractivity contribution in [2.24, 2.45) is 0 Å². The van der Waals surface area contributed by atoms with E-state index in [-0.39, 0.29) is 42.4 Å². The first-order valence-corrected chi connectivity index (χ1v) is 14.3. The van der Waals surface area contributed by atoms with Crippen molar-refractivity contribution in [3.8, 4) is 17.1 Å². The van der Waals surface area contributed by atoms with Gasteiger partial charge in [0, 0.05) is 23.8 Å². The van der Waals surface area contributed by atoms with Gasteiger partial charge in [-0.3, -0.25) is 19.3 Å². The normalized spacial score (nSPS) is 16.7. The minimum atomic E-state index is -0.938. The number of likely N-dealkylation sites (tertiary alicyclic amines) is 1. The lowest BCUT2D eigenvalue weighted by atomic mass is 10.0. The van der Waals surface area contributed by atoms with Crippen molar-refractivity contribution < 1.29 is 19.4 Å². The van der Waals surface area contributed by atoms with E-state index in [2.05, 4.69) is 25.2 Å². The smallest absolute Gasteiger partial charge is 0.261 e. The molecule has 2 aromatic heterocycles. The lowest BCUT2D eigenvalue weighted by Crippen LogP contribution is -2.46. The molecule has 6 rings (SSSR count). The maximum absolute atomic E-state index is 13.3. The predicted molar refractivity (Wildman–Crippen MR) is 160 cm³/mol. The highest BCUT2D eigenvalue weighted by molar-refractivity contribution is 6.35. The van der Waals surface area contributed by atoms with E-state index in [1.54, 1.807) is 36.4 Å². The van der Waals surface area contributed by atoms with Crippen molar-refractivity contribution in [2.75, 3.05) is 38.6 Å². The summed E-state index contributed by atoms with van der Waals surface area (Å²) < 4.78 is 5.60. The zero-order valence-electron chi connectivity index (χ0n) is 22.6. The number of rotatable bonds is 8. The molecule has 2 aliphatic heterocycles. The van der Waals surface area contributed by atoms with E-state index in [0.29, 0.717) is 43.6 Å². The third-order valence-electron chi connectivity index (χ3n) is 7.62. The number of aliphatic hydroxyl groups excluding tert-OH is 1. The molecule has 0 radical (unpaired) electrons. The summed E-state index contributed by atoms with van der Waals surface area (Å²) in [6.45, 7) is 1.66. The number of pyridine rings is 1. The van der Waals surface area contributed by atoms with Gasteiger partial charge in [-0.2, -0.15) is 0 Å². The zero-order chi connectivity index (χ0) is 29.5. The third kappa shape index (κ3) is 5.36. The molecule has 1 atom stereocenters. The van der Waals surface area contributed by atoms with Crippen LogP contribution in [0.5, 0.6) is 5.75 Å². The van der Waals surface area contributed by atoms with Crippen molar-refractivity contribution in [2.45, 2.75) is 25.0 Å². The highest BCUT2D eigenvalue weighted by atomic mass is 35.5. The van der Waals surface area contributed by atoms with E-state index in [1.165, 1.54) is 11.1 Å². The first-order chi connectivity index (χ1) is 20.2. The van der Waals surface area contributed by atoms with Crippen LogP contribution in [0.2, 0.25) is 10.0 Å². The Kier molecular flexibility index (Phi) is 7.67. The number of benzene rings is 2. The van der Waals surface area contributed by atoms with Gasteiger partial charge < -0.3 is 30.0 Å². The van der Waals surface area contributed by atoms with Gasteiger partial charge in [0.15, 0.2) is 0 Å². The lowest BCUT2D eigenvalue weighted by Gasteiger charge is -2.33. The number of imide groups is 1. The molecule has 4 N–H and O–H groups in total. The quantitative estimate of drug-likeness (QED) is 0.221. The van der Waals surface area contributed by atoms with Crippen LogP contribution in [0.25, 0.3) is 22.4 Å². The second-order valence-electron chi connectivity index (χ2n) is 10.5. The minimum absolute atomic E-state index is 0.0559. The summed E-state index contributed by atoms with van der Waals surface area (Å²) in [6, 6.07) is 9.55. The number of hydrogen-bond acceptors (Lipinski definition) is 8. The number of aromatic nitrogens is 3. The number of piperidine rings is 1. The van der Waals surface area contributed by atoms with Crippen molar-refractivity contribution in [1.82, 2.24) is 24.8 Å². The van der Waals surface area contributed by atoms with E-state index in [1.807, 2.05) is 7.05 Å². The van der Waals surface area contributed by atoms with Crippen LogP contribution in [-0.2, 0) is 0 Å². The first kappa shape index (κ1) is 28.2. The molecule has 2 aliphatic rings. The number of carbonyl (C=O) groups is 2. The van der Waals surface area contributed by atoms with Crippen LogP contribution in [0.4, 0.5) is 5.69 Å². The molecule has 0 spiro atoms. The van der Waals surface area contributed by atoms with Gasteiger partial charge in [0.05, 0.1) is 32.9 Å². The molecule has 13 heteroatoms. The molecule has 0 saturated carbocycles. The second kappa shape index (κ2) is 11.4. The average molecular weight is 611 g/mol. The Morgan fingerprint density at radius 3 is 2.57 bits per heavy atom. The van der Waals surface area contributed by atoms with E-state index < -0.39 is 11.7 Å². The zero-order valence-corrected chi connectivity index (χ0v) is 24.1. The Hall–Kier alpha value is -3.90. The monoisotopic (exact) mass is 610 g/mol. The summed E-state index contributed by atoms with van der Waals surface area (Å²) in [6.07, 6.45) is 2.03. The van der Waals surface area contributed by atoms with Gasteiger partial charge in [0.25, 0.3) is 17.4 Å². The number of H-pyrrole nitrogens is 2. The highest BCUT2D eigenvalue weighted by Crippen LogP contribution is 2.33. The molecule has 0 aliphatic carbocycles. The minimum Gasteiger partial charge on any atom is -0.489 e. The molecular weight excluding hydrogens is 583 g/mol. The maximum Gasteiger partial charge on any atom is 0.261 e. The molecule has 11 nitrogen and oxygen atoms in total. The fraction of sp³-hybridized carbons (Fsp3) is 0.310. The fourth-order valence-electron chi connectivity index (χ4n) is 5.39. The van der Waals surface area contributed by atoms with Gasteiger partial charge in [-0.25, -0.2) is 4.98 Å². The number of anilines is 1. The molecular formula is C29H28Cl2N6O5. The second-order valence-corrected chi connectivity index (χ2v) is 11.4. The Morgan fingerprint density at radius 1 is 1.10 bits per heavy atom. The van der Waals surface area contributed by atoms with Crippen LogP contribution in [0.15, 0.2) is 47.4 Å². The van der Waals surface area contributed by atoms with Crippen molar-refractivity contribution in [3.05, 3.63) is 74.1 Å². The first-order valence-electron chi connectivity index (χ1n) is 13.5. The number of hydrogen-bond donors (Lipinski definition) is 4. The molecule has 1 saturated heterocycles. The maximum atomic E-state index is 13.3. The van der Waals surface area contributed by atoms with Gasteiger partial charge >= 0.3 is 0 Å². The number of fused-ring (bicyclic) bond motifs is 2. The van der Waals surface area contributed by atoms with E-state index >= 15 is 0 Å². The number of nitrogens with one attached hydrogen (secondary N) is 3. The van der Waals surface area contributed by atoms with Gasteiger partial charge in [0.1, 0.15) is 29.8 Å². The van der Waals surface area contributed by atoms with E-state index in [0.717, 1.165) is 25.9 Å². The Labute approximate surface area is 250 Å². The molecule has 1 fully saturated rings. The Balaban J connectivity index is 1.20. The van der Waals surface area contributed by atoms with Crippen LogP contribution >= 0.6 is 23.2 Å². The summed E-state index contributed by atoms with van der Waals surface area (Å²) in [4.78, 5) is 53.4. The fourth-order valence-corrected chi connectivity index (χ4v) is 5.85. The molecule has 4 aromatic rings. The van der Waals surface area contributed by atoms with E-state index in [4.69, 9.17) is 27.9 Å². The van der Waals surface area contributed by atoms with Crippen LogP contribution in [-0.4, -0.2) is 87.1 Å². The lowest BCUT2D eigenvalue weighted by molar-refractivity contribution is 0.0516. The SMILES string of the molecule is CN1CCC(N2C(=O)c3cc4nc(-c5c(NCC(O)COc6ccc(Cl)cc6Cl)cc[nH]c5=O)[nH]c4cc3C2=O)CC1. The molecule has 42 heavy (non-hydrogen) atoms. The van der Waals surface area contributed by atoms with Gasteiger partial charge in [-0.1, -0.05) is 23.2 Å². The summed E-state index contributed by atoms with van der Waals surface area (Å²) in [5.74, 6) is 0.0203. The topological polar surface area (TPSA) is 144 Å². The molecule has 1 unspecified atom stereocenters. The Bertz CT molecular complexity index is 1690. The number of ether oxygens (including phenoxy) is 1. The number of halogens is 2. The number of carbonyl (C=O) groups excluding carboxylic acids is 2. The van der Waals surface area contributed by atoms with Crippen LogP contribution in [0, 0.1) is 0 Å². The standard InChI is InChI=1S/C29H28Cl2N6O5/c1-36-8-5-16(6-9-36)37-28(40)18-11-22-23(12-19(18)29(37)41)35-26(34-22)25-21(4-7-32-27(25)39)33-13-17(38)14-42-24-3-2-15(30)10-20(24)31/h2-4,7,10-12,16-17,38H,5-6,8-9,13-14H2,1H3,(H,34,35)(H2,32,33,39). The average Bonchev–Trinajstić information content (AvgIpc) is 3.48. The highest BCUT2D eigenvalue weighted by Gasteiger charge is 2.41. The molecule has 2 aromatic carbocycles. The van der Waals surface area contributed by atoms with Crippen molar-refractivity contribution in [3.63, 3.8) is 0 Å². The number of aromatic amines is 2. The van der Waals surface area contributed by atoms with Crippen LogP contribution < -0.4 is 15.6 Å². The molecule has 0 bridgehead atoms. The van der Waals surface area contributed by atoms with Crippen molar-refractivity contribution in [1.29, 1.82) is 0 Å². The number of amides is 2. The predicted octanol–water partition coefficient (Wildman–Crippen LogP) is 3.77.